The van der Waals surface area contributed by atoms with Crippen LogP contribution >= 0.6 is 0 Å². The number of unbranched alkanes of at least 4 members (excludes halogenated alkanes) is 1. The lowest BCUT2D eigenvalue weighted by Crippen LogP contribution is -2.40. The first-order valence-electron chi connectivity index (χ1n) is 7.60. The maximum atomic E-state index is 12.3. The summed E-state index contributed by atoms with van der Waals surface area (Å²) in [5.41, 5.74) is 6.81. The van der Waals surface area contributed by atoms with Crippen LogP contribution in [0.5, 0.6) is 0 Å². The van der Waals surface area contributed by atoms with Crippen molar-refractivity contribution in [2.24, 2.45) is 0 Å². The molecule has 0 saturated heterocycles. The fourth-order valence-electron chi connectivity index (χ4n) is 2.00. The smallest absolute Gasteiger partial charge is 0.230 e. The third-order valence-corrected chi connectivity index (χ3v) is 3.51. The molecular formula is C17H28N2O2. The summed E-state index contributed by atoms with van der Waals surface area (Å²) in [6.45, 7) is 9.33. The van der Waals surface area contributed by atoms with E-state index in [9.17, 15) is 4.79 Å². The van der Waals surface area contributed by atoms with Crippen LogP contribution in [0.2, 0.25) is 0 Å². The SMILES string of the molecule is CC(C)OCCCCNC(=O)C(C)(C)c1ccc(N)cc1. The lowest BCUT2D eigenvalue weighted by atomic mass is 9.83. The molecule has 0 fully saturated rings. The molecule has 4 nitrogen and oxygen atoms in total. The second-order valence-corrected chi connectivity index (χ2v) is 6.13. The van der Waals surface area contributed by atoms with Crippen molar-refractivity contribution >= 4 is 11.6 Å². The number of ether oxygens (including phenoxy) is 1. The Kier molecular flexibility index (Phi) is 6.69. The molecule has 0 atom stereocenters. The summed E-state index contributed by atoms with van der Waals surface area (Å²) in [5, 5.41) is 3.00. The van der Waals surface area contributed by atoms with E-state index in [2.05, 4.69) is 5.32 Å². The molecule has 0 heterocycles. The van der Waals surface area contributed by atoms with Gasteiger partial charge < -0.3 is 15.8 Å². The highest BCUT2D eigenvalue weighted by molar-refractivity contribution is 5.87. The molecule has 0 aliphatic heterocycles. The normalized spacial score (nSPS) is 11.7. The van der Waals surface area contributed by atoms with Crippen molar-refractivity contribution in [2.45, 2.75) is 52.1 Å². The van der Waals surface area contributed by atoms with E-state index in [1.165, 1.54) is 0 Å². The summed E-state index contributed by atoms with van der Waals surface area (Å²) >= 11 is 0. The second kappa shape index (κ2) is 8.03. The van der Waals surface area contributed by atoms with Crippen LogP contribution in [0.3, 0.4) is 0 Å². The zero-order chi connectivity index (χ0) is 15.9. The van der Waals surface area contributed by atoms with Crippen LogP contribution in [0.15, 0.2) is 24.3 Å². The standard InChI is InChI=1S/C17H28N2O2/c1-13(2)21-12-6-5-11-19-16(20)17(3,4)14-7-9-15(18)10-8-14/h7-10,13H,5-6,11-12,18H2,1-4H3,(H,19,20). The van der Waals surface area contributed by atoms with Crippen LogP contribution in [0.1, 0.15) is 46.1 Å². The highest BCUT2D eigenvalue weighted by Gasteiger charge is 2.29. The number of amides is 1. The molecule has 1 amide bonds. The van der Waals surface area contributed by atoms with E-state index in [0.29, 0.717) is 12.2 Å². The predicted molar refractivity (Wildman–Crippen MR) is 87.2 cm³/mol. The van der Waals surface area contributed by atoms with Gasteiger partial charge in [0.1, 0.15) is 0 Å². The topological polar surface area (TPSA) is 64.3 Å². The first-order chi connectivity index (χ1) is 9.84. The van der Waals surface area contributed by atoms with Crippen molar-refractivity contribution in [3.8, 4) is 0 Å². The summed E-state index contributed by atoms with van der Waals surface area (Å²) in [4.78, 5) is 12.3. The van der Waals surface area contributed by atoms with E-state index >= 15 is 0 Å². The summed E-state index contributed by atoms with van der Waals surface area (Å²) in [6.07, 6.45) is 2.15. The largest absolute Gasteiger partial charge is 0.399 e. The highest BCUT2D eigenvalue weighted by Crippen LogP contribution is 2.24. The number of anilines is 1. The molecule has 3 N–H and O–H groups in total. The van der Waals surface area contributed by atoms with E-state index in [-0.39, 0.29) is 12.0 Å². The van der Waals surface area contributed by atoms with Crippen LogP contribution < -0.4 is 11.1 Å². The lowest BCUT2D eigenvalue weighted by Gasteiger charge is -2.24. The minimum Gasteiger partial charge on any atom is -0.399 e. The molecule has 1 aromatic carbocycles. The Morgan fingerprint density at radius 3 is 2.43 bits per heavy atom. The number of benzene rings is 1. The highest BCUT2D eigenvalue weighted by atomic mass is 16.5. The molecule has 0 saturated carbocycles. The Bertz CT molecular complexity index is 439. The number of nitrogens with two attached hydrogens (primary N) is 1. The molecule has 0 aromatic heterocycles. The van der Waals surface area contributed by atoms with Gasteiger partial charge in [0.15, 0.2) is 0 Å². The molecule has 1 aromatic rings. The predicted octanol–water partition coefficient (Wildman–Crippen LogP) is 2.87. The van der Waals surface area contributed by atoms with Gasteiger partial charge in [0.05, 0.1) is 11.5 Å². The Morgan fingerprint density at radius 2 is 1.86 bits per heavy atom. The molecule has 0 aliphatic rings. The maximum Gasteiger partial charge on any atom is 0.230 e. The zero-order valence-corrected chi connectivity index (χ0v) is 13.6. The second-order valence-electron chi connectivity index (χ2n) is 6.13. The van der Waals surface area contributed by atoms with Gasteiger partial charge in [-0.2, -0.15) is 0 Å². The van der Waals surface area contributed by atoms with Crippen LogP contribution in [0.4, 0.5) is 5.69 Å². The summed E-state index contributed by atoms with van der Waals surface area (Å²) in [5.74, 6) is 0.0389. The molecule has 0 aliphatic carbocycles. The molecule has 21 heavy (non-hydrogen) atoms. The fraction of sp³-hybridized carbons (Fsp3) is 0.588. The van der Waals surface area contributed by atoms with Gasteiger partial charge in [0.2, 0.25) is 5.91 Å². The van der Waals surface area contributed by atoms with Gasteiger partial charge in [-0.05, 0) is 58.2 Å². The average Bonchev–Trinajstić information content (AvgIpc) is 2.42. The number of carbonyl (C=O) groups excluding carboxylic acids is 1. The molecule has 0 bridgehead atoms. The molecule has 0 radical (unpaired) electrons. The van der Waals surface area contributed by atoms with Crippen molar-refractivity contribution in [3.63, 3.8) is 0 Å². The van der Waals surface area contributed by atoms with Gasteiger partial charge in [-0.1, -0.05) is 12.1 Å². The Labute approximate surface area is 128 Å². The van der Waals surface area contributed by atoms with Crippen LogP contribution in [-0.2, 0) is 14.9 Å². The number of rotatable bonds is 8. The van der Waals surface area contributed by atoms with E-state index in [0.717, 1.165) is 25.0 Å². The summed E-state index contributed by atoms with van der Waals surface area (Å²) in [6, 6.07) is 7.47. The quantitative estimate of drug-likeness (QED) is 0.572. The molecule has 1 rings (SSSR count). The number of nitrogen functional groups attached to an aromatic ring is 1. The Balaban J connectivity index is 2.38. The minimum atomic E-state index is -0.553. The van der Waals surface area contributed by atoms with Crippen LogP contribution in [-0.4, -0.2) is 25.2 Å². The lowest BCUT2D eigenvalue weighted by molar-refractivity contribution is -0.125. The van der Waals surface area contributed by atoms with Crippen molar-refractivity contribution < 1.29 is 9.53 Å². The molecular weight excluding hydrogens is 264 g/mol. The average molecular weight is 292 g/mol. The fourth-order valence-corrected chi connectivity index (χ4v) is 2.00. The number of hydrogen-bond acceptors (Lipinski definition) is 3. The van der Waals surface area contributed by atoms with Gasteiger partial charge in [-0.3, -0.25) is 4.79 Å². The summed E-state index contributed by atoms with van der Waals surface area (Å²) < 4.78 is 5.47. The Hall–Kier alpha value is -1.55. The molecule has 118 valence electrons. The summed E-state index contributed by atoms with van der Waals surface area (Å²) in [7, 11) is 0. The minimum absolute atomic E-state index is 0.0389. The number of carbonyl (C=O) groups is 1. The van der Waals surface area contributed by atoms with E-state index in [4.69, 9.17) is 10.5 Å². The van der Waals surface area contributed by atoms with Gasteiger partial charge in [-0.25, -0.2) is 0 Å². The van der Waals surface area contributed by atoms with E-state index in [1.807, 2.05) is 52.0 Å². The van der Waals surface area contributed by atoms with Crippen LogP contribution in [0.25, 0.3) is 0 Å². The van der Waals surface area contributed by atoms with Crippen molar-refractivity contribution in [2.75, 3.05) is 18.9 Å². The Morgan fingerprint density at radius 1 is 1.24 bits per heavy atom. The molecule has 0 spiro atoms. The monoisotopic (exact) mass is 292 g/mol. The maximum absolute atomic E-state index is 12.3. The van der Waals surface area contributed by atoms with Crippen molar-refractivity contribution in [3.05, 3.63) is 29.8 Å². The third-order valence-electron chi connectivity index (χ3n) is 3.51. The van der Waals surface area contributed by atoms with Gasteiger partial charge in [0.25, 0.3) is 0 Å². The molecule has 4 heteroatoms. The van der Waals surface area contributed by atoms with Crippen molar-refractivity contribution in [1.82, 2.24) is 5.32 Å². The van der Waals surface area contributed by atoms with Gasteiger partial charge in [0, 0.05) is 18.8 Å². The molecule has 0 unspecified atom stereocenters. The first kappa shape index (κ1) is 17.5. The van der Waals surface area contributed by atoms with E-state index < -0.39 is 5.41 Å². The van der Waals surface area contributed by atoms with Crippen LogP contribution in [0, 0.1) is 0 Å². The van der Waals surface area contributed by atoms with Gasteiger partial charge in [-0.15, -0.1) is 0 Å². The first-order valence-corrected chi connectivity index (χ1v) is 7.60. The number of hydrogen-bond donors (Lipinski definition) is 2. The van der Waals surface area contributed by atoms with Crippen molar-refractivity contribution in [1.29, 1.82) is 0 Å². The third kappa shape index (κ3) is 5.76. The van der Waals surface area contributed by atoms with Gasteiger partial charge >= 0.3 is 0 Å². The zero-order valence-electron chi connectivity index (χ0n) is 13.6. The van der Waals surface area contributed by atoms with E-state index in [1.54, 1.807) is 0 Å². The number of nitrogens with one attached hydrogen (secondary N) is 1.